The molecule has 1 saturated carbocycles. The van der Waals surface area contributed by atoms with E-state index in [0.29, 0.717) is 6.04 Å². The summed E-state index contributed by atoms with van der Waals surface area (Å²) in [7, 11) is 0. The van der Waals surface area contributed by atoms with Crippen molar-refractivity contribution in [3.05, 3.63) is 0 Å². The number of hydrogen-bond donors (Lipinski definition) is 1. The molecule has 0 atom stereocenters. The average Bonchev–Trinajstić information content (AvgIpc) is 2.20. The van der Waals surface area contributed by atoms with E-state index in [2.05, 4.69) is 17.1 Å². The highest BCUT2D eigenvalue weighted by molar-refractivity contribution is 5.75. The Balaban J connectivity index is 1.90. The number of urea groups is 1. The molecule has 14 heavy (non-hydrogen) atoms. The lowest BCUT2D eigenvalue weighted by molar-refractivity contribution is 0.134. The molecule has 0 bridgehead atoms. The van der Waals surface area contributed by atoms with E-state index in [1.807, 2.05) is 0 Å². The SMILES string of the molecule is CC1CCC(N2CCCNC2=O)CC1. The molecule has 3 heteroatoms. The summed E-state index contributed by atoms with van der Waals surface area (Å²) in [5.74, 6) is 0.860. The smallest absolute Gasteiger partial charge is 0.317 e. The van der Waals surface area contributed by atoms with Gasteiger partial charge in [-0.05, 0) is 38.0 Å². The third-order valence-electron chi connectivity index (χ3n) is 3.54. The second-order valence-corrected chi connectivity index (χ2v) is 4.69. The molecule has 0 unspecified atom stereocenters. The fourth-order valence-corrected chi connectivity index (χ4v) is 2.55. The van der Waals surface area contributed by atoms with Gasteiger partial charge in [0.1, 0.15) is 0 Å². The van der Waals surface area contributed by atoms with Gasteiger partial charge in [0.15, 0.2) is 0 Å². The van der Waals surface area contributed by atoms with Crippen LogP contribution in [0.15, 0.2) is 0 Å². The van der Waals surface area contributed by atoms with Crippen LogP contribution in [0.5, 0.6) is 0 Å². The maximum Gasteiger partial charge on any atom is 0.317 e. The fourth-order valence-electron chi connectivity index (χ4n) is 2.55. The second-order valence-electron chi connectivity index (χ2n) is 4.69. The van der Waals surface area contributed by atoms with E-state index in [4.69, 9.17) is 0 Å². The van der Waals surface area contributed by atoms with Crippen molar-refractivity contribution in [3.63, 3.8) is 0 Å². The van der Waals surface area contributed by atoms with Gasteiger partial charge in [0.2, 0.25) is 0 Å². The van der Waals surface area contributed by atoms with Gasteiger partial charge in [-0.15, -0.1) is 0 Å². The Labute approximate surface area is 85.8 Å². The number of hydrogen-bond acceptors (Lipinski definition) is 1. The van der Waals surface area contributed by atoms with Crippen LogP contribution in [0.25, 0.3) is 0 Å². The zero-order chi connectivity index (χ0) is 9.97. The molecular weight excluding hydrogens is 176 g/mol. The lowest BCUT2D eigenvalue weighted by atomic mass is 9.86. The lowest BCUT2D eigenvalue weighted by Crippen LogP contribution is -2.51. The Morgan fingerprint density at radius 2 is 2.00 bits per heavy atom. The van der Waals surface area contributed by atoms with Crippen molar-refractivity contribution in [1.82, 2.24) is 10.2 Å². The number of carbonyl (C=O) groups is 1. The van der Waals surface area contributed by atoms with Crippen molar-refractivity contribution < 1.29 is 4.79 Å². The Kier molecular flexibility index (Phi) is 2.94. The van der Waals surface area contributed by atoms with E-state index in [0.717, 1.165) is 25.4 Å². The zero-order valence-corrected chi connectivity index (χ0v) is 8.96. The molecule has 80 valence electrons. The Bertz CT molecular complexity index is 209. The number of carbonyl (C=O) groups excluding carboxylic acids is 1. The molecule has 0 spiro atoms. The van der Waals surface area contributed by atoms with Gasteiger partial charge in [0.25, 0.3) is 0 Å². The fraction of sp³-hybridized carbons (Fsp3) is 0.909. The second kappa shape index (κ2) is 4.20. The summed E-state index contributed by atoms with van der Waals surface area (Å²) in [4.78, 5) is 13.6. The van der Waals surface area contributed by atoms with E-state index < -0.39 is 0 Å². The molecule has 1 aliphatic carbocycles. The van der Waals surface area contributed by atoms with Gasteiger partial charge in [-0.25, -0.2) is 4.79 Å². The van der Waals surface area contributed by atoms with Gasteiger partial charge in [0.05, 0.1) is 0 Å². The van der Waals surface area contributed by atoms with Gasteiger partial charge < -0.3 is 10.2 Å². The average molecular weight is 196 g/mol. The van der Waals surface area contributed by atoms with Crippen LogP contribution >= 0.6 is 0 Å². The van der Waals surface area contributed by atoms with E-state index >= 15 is 0 Å². The molecular formula is C11H20N2O. The molecule has 0 radical (unpaired) electrons. The van der Waals surface area contributed by atoms with Crippen molar-refractivity contribution in [3.8, 4) is 0 Å². The third-order valence-corrected chi connectivity index (χ3v) is 3.54. The number of amides is 2. The third kappa shape index (κ3) is 2.02. The Morgan fingerprint density at radius 1 is 1.29 bits per heavy atom. The van der Waals surface area contributed by atoms with E-state index in [9.17, 15) is 4.79 Å². The first-order valence-electron chi connectivity index (χ1n) is 5.82. The summed E-state index contributed by atoms with van der Waals surface area (Å²) in [6, 6.07) is 0.683. The topological polar surface area (TPSA) is 32.3 Å². The van der Waals surface area contributed by atoms with Crippen LogP contribution in [0.4, 0.5) is 4.79 Å². The molecule has 2 aliphatic rings. The highest BCUT2D eigenvalue weighted by atomic mass is 16.2. The minimum Gasteiger partial charge on any atom is -0.338 e. The van der Waals surface area contributed by atoms with Gasteiger partial charge >= 0.3 is 6.03 Å². The van der Waals surface area contributed by atoms with Crippen LogP contribution in [0.1, 0.15) is 39.0 Å². The number of rotatable bonds is 1. The van der Waals surface area contributed by atoms with E-state index in [1.165, 1.54) is 25.7 Å². The predicted molar refractivity (Wildman–Crippen MR) is 56.1 cm³/mol. The molecule has 0 aromatic rings. The van der Waals surface area contributed by atoms with E-state index in [1.54, 1.807) is 0 Å². The maximum atomic E-state index is 11.6. The minimum absolute atomic E-state index is 0.163. The number of nitrogens with one attached hydrogen (secondary N) is 1. The zero-order valence-electron chi connectivity index (χ0n) is 8.96. The van der Waals surface area contributed by atoms with Crippen molar-refractivity contribution in [2.75, 3.05) is 13.1 Å². The van der Waals surface area contributed by atoms with Crippen LogP contribution in [0.3, 0.4) is 0 Å². The van der Waals surface area contributed by atoms with Crippen LogP contribution in [-0.4, -0.2) is 30.1 Å². The lowest BCUT2D eigenvalue weighted by Gasteiger charge is -2.38. The van der Waals surface area contributed by atoms with Gasteiger partial charge in [-0.3, -0.25) is 0 Å². The quantitative estimate of drug-likeness (QED) is 0.683. The van der Waals surface area contributed by atoms with Crippen molar-refractivity contribution in [1.29, 1.82) is 0 Å². The van der Waals surface area contributed by atoms with Crippen LogP contribution in [0.2, 0.25) is 0 Å². The largest absolute Gasteiger partial charge is 0.338 e. The Hall–Kier alpha value is -0.730. The molecule has 0 aromatic heterocycles. The van der Waals surface area contributed by atoms with E-state index in [-0.39, 0.29) is 6.03 Å². The summed E-state index contributed by atoms with van der Waals surface area (Å²) in [5, 5.41) is 2.93. The molecule has 0 aromatic carbocycles. The molecule has 1 aliphatic heterocycles. The number of nitrogens with zero attached hydrogens (tertiary/aromatic N) is 1. The van der Waals surface area contributed by atoms with Crippen molar-refractivity contribution in [2.24, 2.45) is 5.92 Å². The summed E-state index contributed by atoms with van der Waals surface area (Å²) in [6.07, 6.45) is 6.09. The Morgan fingerprint density at radius 3 is 2.64 bits per heavy atom. The van der Waals surface area contributed by atoms with Crippen molar-refractivity contribution >= 4 is 6.03 Å². The predicted octanol–water partition coefficient (Wildman–Crippen LogP) is 1.98. The standard InChI is InChI=1S/C11H20N2O/c1-9-3-5-10(6-4-9)13-8-2-7-12-11(13)14/h9-10H,2-8H2,1H3,(H,12,14). The monoisotopic (exact) mass is 196 g/mol. The molecule has 1 saturated heterocycles. The van der Waals surface area contributed by atoms with Gasteiger partial charge in [-0.2, -0.15) is 0 Å². The molecule has 1 heterocycles. The first-order valence-corrected chi connectivity index (χ1v) is 5.82. The molecule has 1 N–H and O–H groups in total. The van der Waals surface area contributed by atoms with Crippen LogP contribution in [0, 0.1) is 5.92 Å². The molecule has 2 amide bonds. The highest BCUT2D eigenvalue weighted by Gasteiger charge is 2.28. The first kappa shape index (κ1) is 9.81. The summed E-state index contributed by atoms with van der Waals surface area (Å²) in [5.41, 5.74) is 0. The van der Waals surface area contributed by atoms with Crippen molar-refractivity contribution in [2.45, 2.75) is 45.1 Å². The minimum atomic E-state index is 0.163. The summed E-state index contributed by atoms with van der Waals surface area (Å²) in [6.45, 7) is 4.13. The summed E-state index contributed by atoms with van der Waals surface area (Å²) < 4.78 is 0. The van der Waals surface area contributed by atoms with Crippen LogP contribution < -0.4 is 5.32 Å². The summed E-state index contributed by atoms with van der Waals surface area (Å²) >= 11 is 0. The first-order chi connectivity index (χ1) is 6.77. The molecule has 2 fully saturated rings. The molecule has 2 rings (SSSR count). The molecule has 3 nitrogen and oxygen atoms in total. The normalized spacial score (nSPS) is 34.1. The highest BCUT2D eigenvalue weighted by Crippen LogP contribution is 2.27. The van der Waals surface area contributed by atoms with Crippen LogP contribution in [-0.2, 0) is 0 Å². The van der Waals surface area contributed by atoms with Gasteiger partial charge in [0, 0.05) is 19.1 Å². The maximum absolute atomic E-state index is 11.6. The van der Waals surface area contributed by atoms with Gasteiger partial charge in [-0.1, -0.05) is 6.92 Å².